The van der Waals surface area contributed by atoms with Gasteiger partial charge in [0.15, 0.2) is 0 Å². The summed E-state index contributed by atoms with van der Waals surface area (Å²) in [5, 5.41) is 9.53. The highest BCUT2D eigenvalue weighted by Crippen LogP contribution is 2.34. The van der Waals surface area contributed by atoms with E-state index in [-0.39, 0.29) is 6.04 Å². The molecule has 1 N–H and O–H groups in total. The zero-order chi connectivity index (χ0) is 14.7. The molecular formula is C17H19NO3. The normalized spacial score (nSPS) is 21.0. The monoisotopic (exact) mass is 285 g/mol. The molecule has 0 bridgehead atoms. The summed E-state index contributed by atoms with van der Waals surface area (Å²) in [7, 11) is 0. The minimum absolute atomic E-state index is 0.136. The molecule has 110 valence electrons. The van der Waals surface area contributed by atoms with Crippen molar-refractivity contribution in [2.75, 3.05) is 6.54 Å². The van der Waals surface area contributed by atoms with E-state index in [2.05, 4.69) is 4.90 Å². The van der Waals surface area contributed by atoms with Crippen LogP contribution in [0, 0.1) is 0 Å². The van der Waals surface area contributed by atoms with Crippen LogP contribution in [0.1, 0.15) is 36.6 Å². The Bertz CT molecular complexity index is 579. The van der Waals surface area contributed by atoms with Crippen LogP contribution in [0.5, 0.6) is 0 Å². The molecule has 2 heterocycles. The molecule has 21 heavy (non-hydrogen) atoms. The molecule has 0 saturated carbocycles. The Labute approximate surface area is 124 Å². The number of rotatable bonds is 4. The Hall–Kier alpha value is -2.07. The lowest BCUT2D eigenvalue weighted by molar-refractivity contribution is -0.145. The van der Waals surface area contributed by atoms with E-state index in [0.29, 0.717) is 6.42 Å². The van der Waals surface area contributed by atoms with Gasteiger partial charge in [-0.25, -0.2) is 0 Å². The minimum atomic E-state index is -0.748. The number of nitrogens with zero attached hydrogens (tertiary/aromatic N) is 1. The fourth-order valence-electron chi connectivity index (χ4n) is 3.13. The van der Waals surface area contributed by atoms with Gasteiger partial charge in [-0.05, 0) is 30.5 Å². The van der Waals surface area contributed by atoms with Gasteiger partial charge in [-0.3, -0.25) is 9.69 Å². The summed E-state index contributed by atoms with van der Waals surface area (Å²) in [5.41, 5.74) is 1.07. The number of furan rings is 1. The standard InChI is InChI=1S/C17H19NO3/c19-17(20)14-9-4-5-11-18(14)16(15-10-6-12-21-15)13-7-2-1-3-8-13/h1-3,6-8,10,12,14,16H,4-5,9,11H2,(H,19,20). The summed E-state index contributed by atoms with van der Waals surface area (Å²) in [6.45, 7) is 0.775. The molecule has 0 radical (unpaired) electrons. The summed E-state index contributed by atoms with van der Waals surface area (Å²) in [5.74, 6) is 0.0523. The topological polar surface area (TPSA) is 53.7 Å². The van der Waals surface area contributed by atoms with Crippen molar-refractivity contribution >= 4 is 5.97 Å². The molecule has 2 unspecified atom stereocenters. The van der Waals surface area contributed by atoms with Crippen molar-refractivity contribution in [2.45, 2.75) is 31.3 Å². The van der Waals surface area contributed by atoms with Crippen LogP contribution in [0.25, 0.3) is 0 Å². The quantitative estimate of drug-likeness (QED) is 0.936. The Kier molecular flexibility index (Phi) is 4.06. The first-order valence-corrected chi connectivity index (χ1v) is 7.34. The van der Waals surface area contributed by atoms with Gasteiger partial charge in [-0.1, -0.05) is 36.8 Å². The number of aliphatic carboxylic acids is 1. The first-order valence-electron chi connectivity index (χ1n) is 7.34. The van der Waals surface area contributed by atoms with Crippen molar-refractivity contribution in [2.24, 2.45) is 0 Å². The van der Waals surface area contributed by atoms with E-state index in [9.17, 15) is 9.90 Å². The smallest absolute Gasteiger partial charge is 0.320 e. The Balaban J connectivity index is 2.00. The maximum atomic E-state index is 11.6. The van der Waals surface area contributed by atoms with Crippen molar-refractivity contribution in [1.82, 2.24) is 4.90 Å². The van der Waals surface area contributed by atoms with Gasteiger partial charge < -0.3 is 9.52 Å². The van der Waals surface area contributed by atoms with Crippen molar-refractivity contribution in [1.29, 1.82) is 0 Å². The van der Waals surface area contributed by atoms with Crippen molar-refractivity contribution in [3.8, 4) is 0 Å². The molecule has 1 aliphatic rings. The summed E-state index contributed by atoms with van der Waals surface area (Å²) in [4.78, 5) is 13.7. The van der Waals surface area contributed by atoms with E-state index in [4.69, 9.17) is 4.42 Å². The van der Waals surface area contributed by atoms with E-state index >= 15 is 0 Å². The van der Waals surface area contributed by atoms with E-state index in [1.165, 1.54) is 0 Å². The van der Waals surface area contributed by atoms with E-state index in [0.717, 1.165) is 30.7 Å². The van der Waals surface area contributed by atoms with Crippen LogP contribution in [0.15, 0.2) is 53.1 Å². The Morgan fingerprint density at radius 1 is 1.19 bits per heavy atom. The minimum Gasteiger partial charge on any atom is -0.480 e. The van der Waals surface area contributed by atoms with Gasteiger partial charge in [0, 0.05) is 6.54 Å². The van der Waals surface area contributed by atoms with Gasteiger partial charge in [0.1, 0.15) is 11.8 Å². The number of benzene rings is 1. The van der Waals surface area contributed by atoms with Gasteiger partial charge in [0.25, 0.3) is 0 Å². The van der Waals surface area contributed by atoms with Gasteiger partial charge in [0.05, 0.1) is 12.3 Å². The maximum Gasteiger partial charge on any atom is 0.320 e. The van der Waals surface area contributed by atoms with Crippen molar-refractivity contribution in [3.63, 3.8) is 0 Å². The molecule has 1 aromatic heterocycles. The van der Waals surface area contributed by atoms with Crippen LogP contribution in [0.2, 0.25) is 0 Å². The summed E-state index contributed by atoms with van der Waals surface area (Å²) >= 11 is 0. The lowest BCUT2D eigenvalue weighted by atomic mass is 9.95. The zero-order valence-electron chi connectivity index (χ0n) is 11.8. The third-order valence-electron chi connectivity index (χ3n) is 4.09. The number of piperidine rings is 1. The Morgan fingerprint density at radius 3 is 2.67 bits per heavy atom. The highest BCUT2D eigenvalue weighted by atomic mass is 16.4. The van der Waals surface area contributed by atoms with E-state index in [1.54, 1.807) is 6.26 Å². The van der Waals surface area contributed by atoms with Gasteiger partial charge in [-0.15, -0.1) is 0 Å². The van der Waals surface area contributed by atoms with Crippen LogP contribution in [-0.4, -0.2) is 28.6 Å². The summed E-state index contributed by atoms with van der Waals surface area (Å²) in [6.07, 6.45) is 4.32. The summed E-state index contributed by atoms with van der Waals surface area (Å²) < 4.78 is 5.60. The molecule has 0 aliphatic carbocycles. The number of carboxylic acid groups (broad SMARTS) is 1. The average Bonchev–Trinajstić information content (AvgIpc) is 3.03. The van der Waals surface area contributed by atoms with Crippen LogP contribution in [0.4, 0.5) is 0 Å². The average molecular weight is 285 g/mol. The van der Waals surface area contributed by atoms with Gasteiger partial charge in [-0.2, -0.15) is 0 Å². The van der Waals surface area contributed by atoms with Crippen LogP contribution >= 0.6 is 0 Å². The first-order chi connectivity index (χ1) is 10.3. The largest absolute Gasteiger partial charge is 0.480 e. The molecule has 1 fully saturated rings. The number of carbonyl (C=O) groups is 1. The third-order valence-corrected chi connectivity index (χ3v) is 4.09. The molecule has 4 nitrogen and oxygen atoms in total. The molecule has 2 aromatic rings. The van der Waals surface area contributed by atoms with Crippen LogP contribution in [-0.2, 0) is 4.79 Å². The molecule has 2 atom stereocenters. The number of hydrogen-bond donors (Lipinski definition) is 1. The SMILES string of the molecule is O=C(O)C1CCCCN1C(c1ccccc1)c1ccco1. The Morgan fingerprint density at radius 2 is 2.00 bits per heavy atom. The van der Waals surface area contributed by atoms with E-state index < -0.39 is 12.0 Å². The number of likely N-dealkylation sites (tertiary alicyclic amines) is 1. The molecule has 1 aromatic carbocycles. The van der Waals surface area contributed by atoms with E-state index in [1.807, 2.05) is 42.5 Å². The third kappa shape index (κ3) is 2.85. The highest BCUT2D eigenvalue weighted by molar-refractivity contribution is 5.73. The lowest BCUT2D eigenvalue weighted by Gasteiger charge is -2.38. The molecule has 0 spiro atoms. The molecule has 1 saturated heterocycles. The fourth-order valence-corrected chi connectivity index (χ4v) is 3.13. The molecule has 4 heteroatoms. The van der Waals surface area contributed by atoms with Crippen LogP contribution < -0.4 is 0 Å². The predicted molar refractivity (Wildman–Crippen MR) is 79.0 cm³/mol. The lowest BCUT2D eigenvalue weighted by Crippen LogP contribution is -2.46. The predicted octanol–water partition coefficient (Wildman–Crippen LogP) is 3.31. The van der Waals surface area contributed by atoms with Crippen LogP contribution in [0.3, 0.4) is 0 Å². The molecule has 3 rings (SSSR count). The molecule has 0 amide bonds. The molecule has 1 aliphatic heterocycles. The number of hydrogen-bond acceptors (Lipinski definition) is 3. The first kappa shape index (κ1) is 13.9. The maximum absolute atomic E-state index is 11.6. The zero-order valence-corrected chi connectivity index (χ0v) is 11.8. The fraction of sp³-hybridized carbons (Fsp3) is 0.353. The summed E-state index contributed by atoms with van der Waals surface area (Å²) in [6, 6.07) is 13.2. The number of carboxylic acids is 1. The van der Waals surface area contributed by atoms with Gasteiger partial charge in [0.2, 0.25) is 0 Å². The van der Waals surface area contributed by atoms with Crippen molar-refractivity contribution < 1.29 is 14.3 Å². The highest BCUT2D eigenvalue weighted by Gasteiger charge is 2.36. The second-order valence-electron chi connectivity index (χ2n) is 5.42. The second-order valence-corrected chi connectivity index (χ2v) is 5.42. The van der Waals surface area contributed by atoms with Crippen molar-refractivity contribution in [3.05, 3.63) is 60.1 Å². The second kappa shape index (κ2) is 6.14. The molecular weight excluding hydrogens is 266 g/mol. The van der Waals surface area contributed by atoms with Gasteiger partial charge >= 0.3 is 5.97 Å².